The van der Waals surface area contributed by atoms with Gasteiger partial charge in [-0.3, -0.25) is 4.99 Å². The highest BCUT2D eigenvalue weighted by Gasteiger charge is 2.54. The molecule has 4 unspecified atom stereocenters. The summed E-state index contributed by atoms with van der Waals surface area (Å²) in [5.41, 5.74) is 21.1. The number of amidine groups is 1. The Morgan fingerprint density at radius 1 is 0.651 bits per heavy atom. The molecule has 1 aliphatic heterocycles. The average molecular weight is 817 g/mol. The molecule has 1 N–H and O–H groups in total. The van der Waals surface area contributed by atoms with E-state index in [0.29, 0.717) is 17.8 Å². The van der Waals surface area contributed by atoms with Gasteiger partial charge < -0.3 is 5.32 Å². The molecule has 0 saturated heterocycles. The predicted octanol–water partition coefficient (Wildman–Crippen LogP) is 15.0. The van der Waals surface area contributed by atoms with Crippen LogP contribution < -0.4 is 5.32 Å². The molecule has 1 fully saturated rings. The number of allylic oxidation sites excluding steroid dienone is 12. The molecule has 5 aromatic rings. The Balaban J connectivity index is 0.849. The highest BCUT2D eigenvalue weighted by molar-refractivity contribution is 6.05. The van der Waals surface area contributed by atoms with E-state index in [1.165, 1.54) is 59.9 Å². The number of hydrogen-bond acceptors (Lipinski definition) is 2. The van der Waals surface area contributed by atoms with E-state index in [4.69, 9.17) is 4.99 Å². The van der Waals surface area contributed by atoms with Crippen LogP contribution in [0.3, 0.4) is 0 Å². The molecule has 1 heterocycles. The largest absolute Gasteiger partial charge is 0.340 e. The number of nitrogens with zero attached hydrogens (tertiary/aromatic N) is 1. The van der Waals surface area contributed by atoms with Crippen molar-refractivity contribution in [2.75, 3.05) is 0 Å². The van der Waals surface area contributed by atoms with Crippen LogP contribution >= 0.6 is 0 Å². The Morgan fingerprint density at radius 3 is 2.11 bits per heavy atom. The smallest absolute Gasteiger partial charge is 0.133 e. The highest BCUT2D eigenvalue weighted by atomic mass is 15.0. The summed E-state index contributed by atoms with van der Waals surface area (Å²) in [4.78, 5) is 5.29. The summed E-state index contributed by atoms with van der Waals surface area (Å²) in [6, 6.07) is 48.7. The van der Waals surface area contributed by atoms with E-state index >= 15 is 0 Å². The normalized spacial score (nSPS) is 25.0. The van der Waals surface area contributed by atoms with E-state index in [-0.39, 0.29) is 16.9 Å². The minimum Gasteiger partial charge on any atom is -0.340 e. The van der Waals surface area contributed by atoms with Crippen molar-refractivity contribution >= 4 is 17.1 Å². The van der Waals surface area contributed by atoms with Gasteiger partial charge in [0.25, 0.3) is 0 Å². The minimum absolute atomic E-state index is 0.000280. The molecule has 5 aromatic carbocycles. The van der Waals surface area contributed by atoms with Crippen LogP contribution in [0.5, 0.6) is 0 Å². The van der Waals surface area contributed by atoms with Gasteiger partial charge in [0.15, 0.2) is 0 Å². The van der Waals surface area contributed by atoms with E-state index in [2.05, 4.69) is 195 Å². The van der Waals surface area contributed by atoms with Crippen molar-refractivity contribution in [3.05, 3.63) is 237 Å². The second kappa shape index (κ2) is 15.2. The number of aliphatic imine (C=N–C) groups is 1. The molecule has 7 aliphatic rings. The van der Waals surface area contributed by atoms with Gasteiger partial charge in [0.2, 0.25) is 0 Å². The topological polar surface area (TPSA) is 24.4 Å². The number of nitrogens with one attached hydrogen (secondary N) is 1. The maximum Gasteiger partial charge on any atom is 0.133 e. The van der Waals surface area contributed by atoms with Gasteiger partial charge in [0, 0.05) is 33.9 Å². The highest BCUT2D eigenvalue weighted by Crippen LogP contribution is 2.65. The summed E-state index contributed by atoms with van der Waals surface area (Å²) < 4.78 is 0. The van der Waals surface area contributed by atoms with Crippen LogP contribution in [0.4, 0.5) is 0 Å². The Labute approximate surface area is 374 Å². The first-order valence-corrected chi connectivity index (χ1v) is 23.7. The van der Waals surface area contributed by atoms with E-state index < -0.39 is 0 Å². The van der Waals surface area contributed by atoms with E-state index in [0.717, 1.165) is 41.9 Å². The Morgan fingerprint density at radius 2 is 1.33 bits per heavy atom. The maximum absolute atomic E-state index is 5.29. The Hall–Kier alpha value is -6.25. The van der Waals surface area contributed by atoms with Crippen molar-refractivity contribution in [3.8, 4) is 11.1 Å². The van der Waals surface area contributed by atoms with Gasteiger partial charge in [0.05, 0.1) is 6.04 Å². The fourth-order valence-electron chi connectivity index (χ4n) is 12.8. The lowest BCUT2D eigenvalue weighted by Crippen LogP contribution is -2.35. The Bertz CT molecular complexity index is 2870. The van der Waals surface area contributed by atoms with Gasteiger partial charge in [-0.2, -0.15) is 0 Å². The predicted molar refractivity (Wildman–Crippen MR) is 262 cm³/mol. The van der Waals surface area contributed by atoms with Crippen LogP contribution in [0.15, 0.2) is 209 Å². The molecule has 2 nitrogen and oxygen atoms in total. The lowest BCUT2D eigenvalue weighted by Gasteiger charge is -2.42. The van der Waals surface area contributed by atoms with Crippen LogP contribution in [-0.4, -0.2) is 5.84 Å². The minimum atomic E-state index is -0.109. The van der Waals surface area contributed by atoms with Crippen LogP contribution in [0, 0.1) is 17.3 Å². The number of fused-ring (bicyclic) bond motifs is 7. The first-order valence-electron chi connectivity index (χ1n) is 23.7. The van der Waals surface area contributed by atoms with Gasteiger partial charge in [-0.25, -0.2) is 0 Å². The number of rotatable bonds is 6. The average Bonchev–Trinajstić information content (AvgIpc) is 3.74. The zero-order valence-electron chi connectivity index (χ0n) is 36.7. The van der Waals surface area contributed by atoms with Gasteiger partial charge in [-0.1, -0.05) is 209 Å². The molecule has 63 heavy (non-hydrogen) atoms. The van der Waals surface area contributed by atoms with Gasteiger partial charge >= 0.3 is 0 Å². The molecule has 0 amide bonds. The zero-order chi connectivity index (χ0) is 42.1. The lowest BCUT2D eigenvalue weighted by molar-refractivity contribution is 0.232. The van der Waals surface area contributed by atoms with Crippen LogP contribution in [0.1, 0.15) is 111 Å². The maximum atomic E-state index is 5.29. The first-order chi connectivity index (χ1) is 30.9. The number of benzene rings is 5. The second-order valence-electron chi connectivity index (χ2n) is 19.6. The zero-order valence-corrected chi connectivity index (χ0v) is 36.7. The fourth-order valence-corrected chi connectivity index (χ4v) is 12.8. The molecule has 6 aliphatic carbocycles. The summed E-state index contributed by atoms with van der Waals surface area (Å²) in [6.07, 6.45) is 27.9. The van der Waals surface area contributed by atoms with Crippen molar-refractivity contribution in [1.82, 2.24) is 5.32 Å². The van der Waals surface area contributed by atoms with Crippen molar-refractivity contribution in [2.24, 2.45) is 22.2 Å². The molecule has 0 radical (unpaired) electrons. The molecule has 12 rings (SSSR count). The summed E-state index contributed by atoms with van der Waals surface area (Å²) in [5.74, 6) is 2.35. The molecule has 1 saturated carbocycles. The first kappa shape index (κ1) is 38.4. The Kier molecular flexibility index (Phi) is 9.29. The molecule has 1 spiro atoms. The van der Waals surface area contributed by atoms with Crippen LogP contribution in [0.2, 0.25) is 0 Å². The standard InChI is InChI=1S/C61H56N2/c1-60(2)53-25-15-23-48(58(53)51-38-55-50(37-54(51)60)49-22-10-11-24-52(49)61(55)34-12-5-13-35-61)47-21-14-20-46(36-47)42-28-32-44(33-29-42)57-39-56(62-59(63-57)45-18-8-4-9-19-45)43-30-26-41(27-31-43)40-16-6-3-7-17-40/h3-4,6-11,15-20,22,24-33,36-39,48,50,55,57H,5,12-14,21,23,34-35H2,1-2H3,(H,62,63). The molecule has 0 aromatic heterocycles. The number of hydrogen-bond donors (Lipinski definition) is 1. The lowest BCUT2D eigenvalue weighted by atomic mass is 9.61. The SMILES string of the molecule is CC1(C)C2=CC3c4ccccc4C4(CCCCC4)C3C=C2C2=C1C=CCC2C1=CC(c2ccc(C3C=C(c4ccc(-c5ccccc5)cc4)NC(c4ccccc4)=N3)cc2)=CCC1. The van der Waals surface area contributed by atoms with Gasteiger partial charge in [-0.05, 0) is 111 Å². The molecule has 4 atom stereocenters. The summed E-state index contributed by atoms with van der Waals surface area (Å²) >= 11 is 0. The van der Waals surface area contributed by atoms with E-state index in [9.17, 15) is 0 Å². The van der Waals surface area contributed by atoms with Crippen molar-refractivity contribution in [3.63, 3.8) is 0 Å². The third kappa shape index (κ3) is 6.39. The van der Waals surface area contributed by atoms with Crippen LogP contribution in [-0.2, 0) is 5.41 Å². The summed E-state index contributed by atoms with van der Waals surface area (Å²) in [6.45, 7) is 4.99. The van der Waals surface area contributed by atoms with Crippen molar-refractivity contribution in [2.45, 2.75) is 82.6 Å². The molecule has 310 valence electrons. The molecular weight excluding hydrogens is 761 g/mol. The quantitative estimate of drug-likeness (QED) is 0.181. The second-order valence-corrected chi connectivity index (χ2v) is 19.6. The third-order valence-electron chi connectivity index (χ3n) is 15.9. The molecule has 0 bridgehead atoms. The summed E-state index contributed by atoms with van der Waals surface area (Å²) in [7, 11) is 0. The molecule has 2 heteroatoms. The van der Waals surface area contributed by atoms with E-state index in [1.54, 1.807) is 39.0 Å². The monoisotopic (exact) mass is 816 g/mol. The van der Waals surface area contributed by atoms with E-state index in [1.807, 2.05) is 0 Å². The van der Waals surface area contributed by atoms with Crippen molar-refractivity contribution < 1.29 is 0 Å². The van der Waals surface area contributed by atoms with Gasteiger partial charge in [0.1, 0.15) is 5.84 Å². The summed E-state index contributed by atoms with van der Waals surface area (Å²) in [5, 5.41) is 3.69. The van der Waals surface area contributed by atoms with Crippen LogP contribution in [0.25, 0.3) is 22.4 Å². The third-order valence-corrected chi connectivity index (χ3v) is 15.9. The fraction of sp³-hybridized carbons (Fsp3) is 0.262. The van der Waals surface area contributed by atoms with Gasteiger partial charge in [-0.15, -0.1) is 0 Å². The van der Waals surface area contributed by atoms with Crippen molar-refractivity contribution in [1.29, 1.82) is 0 Å². The molecular formula is C61H56N2.